The number of anilines is 2. The summed E-state index contributed by atoms with van der Waals surface area (Å²) in [6.45, 7) is 4.16. The summed E-state index contributed by atoms with van der Waals surface area (Å²) >= 11 is 6.62. The second-order valence-electron chi connectivity index (χ2n) is 7.77. The Morgan fingerprint density at radius 3 is 2.61 bits per heavy atom. The number of nitrogens with zero attached hydrogens (tertiary/aromatic N) is 4. The van der Waals surface area contributed by atoms with E-state index in [1.54, 1.807) is 13.0 Å². The van der Waals surface area contributed by atoms with Crippen LogP contribution < -0.4 is 15.5 Å². The van der Waals surface area contributed by atoms with Gasteiger partial charge >= 0.3 is 6.18 Å². The highest BCUT2D eigenvalue weighted by Crippen LogP contribution is 2.36. The third-order valence-electron chi connectivity index (χ3n) is 5.22. The molecule has 0 bridgehead atoms. The van der Waals surface area contributed by atoms with Crippen LogP contribution in [0.1, 0.15) is 43.7 Å². The maximum absolute atomic E-state index is 13.1. The number of carbonyl (C=O) groups is 2. The van der Waals surface area contributed by atoms with Crippen molar-refractivity contribution in [3.05, 3.63) is 63.0 Å². The molecule has 1 aromatic carbocycles. The molecular weight excluding hydrogens is 521 g/mol. The summed E-state index contributed by atoms with van der Waals surface area (Å²) in [6.07, 6.45) is -2.05. The first kappa shape index (κ1) is 25.8. The van der Waals surface area contributed by atoms with Crippen LogP contribution in [0.2, 0.25) is 5.02 Å². The molecule has 0 aliphatic carbocycles. The number of morpholine rings is 1. The lowest BCUT2D eigenvalue weighted by Gasteiger charge is -2.27. The Kier molecular flexibility index (Phi) is 7.71. The van der Waals surface area contributed by atoms with Crippen LogP contribution in [0.25, 0.3) is 0 Å². The van der Waals surface area contributed by atoms with E-state index in [1.165, 1.54) is 18.6 Å². The van der Waals surface area contributed by atoms with Crippen LogP contribution in [-0.4, -0.2) is 53.1 Å². The van der Waals surface area contributed by atoms with E-state index in [0.29, 0.717) is 37.1 Å². The third-order valence-corrected chi connectivity index (χ3v) is 6.72. The fourth-order valence-electron chi connectivity index (χ4n) is 3.37. The Morgan fingerprint density at radius 2 is 1.89 bits per heavy atom. The summed E-state index contributed by atoms with van der Waals surface area (Å²) < 4.78 is 44.5. The number of ether oxygens (including phenoxy) is 1. The highest BCUT2D eigenvalue weighted by molar-refractivity contribution is 7.13. The minimum atomic E-state index is -4.66. The van der Waals surface area contributed by atoms with E-state index in [9.17, 15) is 22.8 Å². The Morgan fingerprint density at radius 1 is 1.14 bits per heavy atom. The number of nitrogens with one attached hydrogen (secondary N) is 2. The number of thiazole rings is 1. The maximum Gasteiger partial charge on any atom is 0.417 e. The molecule has 1 fully saturated rings. The fraction of sp³-hybridized carbons (Fsp3) is 0.318. The average Bonchev–Trinajstić information content (AvgIpc) is 3.36. The average molecular weight is 541 g/mol. The summed E-state index contributed by atoms with van der Waals surface area (Å²) in [5.41, 5.74) is -0.936. The standard InChI is InChI=1S/C22H20ClF3N6O3S/c1-12(30-19(33)16-9-18(29-11-28-16)32-4-6-35-7-5-32)21-27-10-17(36-21)20(34)31-13-2-3-15(23)14(8-13)22(24,25)26/h2-3,8-12H,4-7H2,1H3,(H,30,33)(H,31,34). The SMILES string of the molecule is CC(NC(=O)c1cc(N2CCOCC2)ncn1)c1ncc(C(=O)Nc2ccc(Cl)c(C(F)(F)F)c2)s1. The normalized spacial score (nSPS) is 14.9. The molecule has 1 unspecified atom stereocenters. The molecule has 2 amide bonds. The Hall–Kier alpha value is -3.29. The molecule has 1 saturated heterocycles. The molecule has 0 saturated carbocycles. The maximum atomic E-state index is 13.1. The molecule has 190 valence electrons. The molecule has 9 nitrogen and oxygen atoms in total. The molecule has 2 N–H and O–H groups in total. The van der Waals surface area contributed by atoms with Crippen LogP contribution in [0, 0.1) is 0 Å². The number of alkyl halides is 3. The number of aromatic nitrogens is 3. The molecular formula is C22H20ClF3N6O3S. The van der Waals surface area contributed by atoms with E-state index in [4.69, 9.17) is 16.3 Å². The van der Waals surface area contributed by atoms with Gasteiger partial charge in [-0.25, -0.2) is 15.0 Å². The Bertz CT molecular complexity index is 1270. The summed E-state index contributed by atoms with van der Waals surface area (Å²) in [7, 11) is 0. The summed E-state index contributed by atoms with van der Waals surface area (Å²) in [5, 5.41) is 5.15. The highest BCUT2D eigenvalue weighted by atomic mass is 35.5. The van der Waals surface area contributed by atoms with Gasteiger partial charge in [-0.05, 0) is 25.1 Å². The van der Waals surface area contributed by atoms with Gasteiger partial charge in [-0.2, -0.15) is 13.2 Å². The van der Waals surface area contributed by atoms with Gasteiger partial charge in [0, 0.05) is 24.8 Å². The fourth-order valence-corrected chi connectivity index (χ4v) is 4.41. The van der Waals surface area contributed by atoms with Gasteiger partial charge in [0.2, 0.25) is 0 Å². The lowest BCUT2D eigenvalue weighted by Crippen LogP contribution is -2.37. The van der Waals surface area contributed by atoms with Crippen molar-refractivity contribution in [3.63, 3.8) is 0 Å². The quantitative estimate of drug-likeness (QED) is 0.482. The number of halogens is 4. The number of benzene rings is 1. The lowest BCUT2D eigenvalue weighted by atomic mass is 10.2. The van der Waals surface area contributed by atoms with Crippen LogP contribution in [0.4, 0.5) is 24.7 Å². The molecule has 0 radical (unpaired) electrons. The van der Waals surface area contributed by atoms with Crippen LogP contribution in [-0.2, 0) is 10.9 Å². The zero-order chi connectivity index (χ0) is 25.9. The summed E-state index contributed by atoms with van der Waals surface area (Å²) in [5.74, 6) is -0.463. The van der Waals surface area contributed by atoms with Crippen molar-refractivity contribution in [2.45, 2.75) is 19.1 Å². The van der Waals surface area contributed by atoms with Crippen molar-refractivity contribution in [1.29, 1.82) is 0 Å². The van der Waals surface area contributed by atoms with Crippen LogP contribution in [0.15, 0.2) is 36.8 Å². The van der Waals surface area contributed by atoms with Gasteiger partial charge < -0.3 is 20.3 Å². The van der Waals surface area contributed by atoms with E-state index < -0.39 is 34.6 Å². The van der Waals surface area contributed by atoms with Crippen molar-refractivity contribution in [2.75, 3.05) is 36.5 Å². The zero-order valence-electron chi connectivity index (χ0n) is 18.8. The Labute approximate surface area is 212 Å². The van der Waals surface area contributed by atoms with Crippen LogP contribution in [0.3, 0.4) is 0 Å². The first-order valence-corrected chi connectivity index (χ1v) is 11.9. The predicted octanol–water partition coefficient (Wildman–Crippen LogP) is 4.19. The second-order valence-corrected chi connectivity index (χ2v) is 9.23. The number of hydrogen-bond donors (Lipinski definition) is 2. The molecule has 14 heteroatoms. The van der Waals surface area contributed by atoms with Gasteiger partial charge in [-0.3, -0.25) is 9.59 Å². The number of amides is 2. The molecule has 3 aromatic rings. The van der Waals surface area contributed by atoms with Crippen molar-refractivity contribution < 1.29 is 27.5 Å². The molecule has 1 atom stereocenters. The third kappa shape index (κ3) is 6.09. The summed E-state index contributed by atoms with van der Waals surface area (Å²) in [4.78, 5) is 39.9. The minimum Gasteiger partial charge on any atom is -0.378 e. The minimum absolute atomic E-state index is 0.0622. The Balaban J connectivity index is 1.40. The molecule has 1 aliphatic heterocycles. The second kappa shape index (κ2) is 10.8. The summed E-state index contributed by atoms with van der Waals surface area (Å²) in [6, 6.07) is 4.13. The van der Waals surface area contributed by atoms with Crippen molar-refractivity contribution in [1.82, 2.24) is 20.3 Å². The molecule has 36 heavy (non-hydrogen) atoms. The van der Waals surface area contributed by atoms with Gasteiger partial charge in [0.15, 0.2) is 0 Å². The highest BCUT2D eigenvalue weighted by Gasteiger charge is 2.33. The predicted molar refractivity (Wildman–Crippen MR) is 127 cm³/mol. The van der Waals surface area contributed by atoms with Gasteiger partial charge in [0.25, 0.3) is 11.8 Å². The number of rotatable bonds is 6. The van der Waals surface area contributed by atoms with E-state index in [2.05, 4.69) is 25.6 Å². The lowest BCUT2D eigenvalue weighted by molar-refractivity contribution is -0.137. The van der Waals surface area contributed by atoms with Crippen molar-refractivity contribution in [3.8, 4) is 0 Å². The van der Waals surface area contributed by atoms with Gasteiger partial charge in [0.05, 0.1) is 36.0 Å². The molecule has 2 aromatic heterocycles. The first-order chi connectivity index (χ1) is 17.1. The van der Waals surface area contributed by atoms with E-state index in [0.717, 1.165) is 23.5 Å². The molecule has 1 aliphatic rings. The molecule has 4 rings (SSSR count). The van der Waals surface area contributed by atoms with Crippen molar-refractivity contribution >= 4 is 46.3 Å². The number of carbonyl (C=O) groups excluding carboxylic acids is 2. The van der Waals surface area contributed by atoms with Crippen LogP contribution >= 0.6 is 22.9 Å². The van der Waals surface area contributed by atoms with Crippen molar-refractivity contribution in [2.24, 2.45) is 0 Å². The van der Waals surface area contributed by atoms with Crippen LogP contribution in [0.5, 0.6) is 0 Å². The number of hydrogen-bond acceptors (Lipinski definition) is 8. The smallest absolute Gasteiger partial charge is 0.378 e. The van der Waals surface area contributed by atoms with E-state index in [1.807, 2.05) is 4.90 Å². The van der Waals surface area contributed by atoms with Gasteiger partial charge in [-0.15, -0.1) is 11.3 Å². The zero-order valence-corrected chi connectivity index (χ0v) is 20.4. The topological polar surface area (TPSA) is 109 Å². The van der Waals surface area contributed by atoms with Gasteiger partial charge in [0.1, 0.15) is 27.7 Å². The van der Waals surface area contributed by atoms with Gasteiger partial charge in [-0.1, -0.05) is 11.6 Å². The van der Waals surface area contributed by atoms with E-state index in [-0.39, 0.29) is 16.3 Å². The largest absolute Gasteiger partial charge is 0.417 e. The molecule has 0 spiro atoms. The monoisotopic (exact) mass is 540 g/mol. The first-order valence-electron chi connectivity index (χ1n) is 10.7. The van der Waals surface area contributed by atoms with E-state index >= 15 is 0 Å². The molecule has 3 heterocycles.